The van der Waals surface area contributed by atoms with Gasteiger partial charge >= 0.3 is 0 Å². The van der Waals surface area contributed by atoms with Gasteiger partial charge in [-0.25, -0.2) is 0 Å². The van der Waals surface area contributed by atoms with Crippen LogP contribution in [-0.2, 0) is 6.42 Å². The van der Waals surface area contributed by atoms with E-state index in [1.807, 2.05) is 6.92 Å². The van der Waals surface area contributed by atoms with Crippen molar-refractivity contribution in [2.24, 2.45) is 0 Å². The molecule has 0 unspecified atom stereocenters. The van der Waals surface area contributed by atoms with Crippen molar-refractivity contribution in [2.45, 2.75) is 20.3 Å². The van der Waals surface area contributed by atoms with E-state index < -0.39 is 0 Å². The molecule has 1 N–H and O–H groups in total. The van der Waals surface area contributed by atoms with Crippen LogP contribution in [0.4, 0.5) is 5.69 Å². The third-order valence-corrected chi connectivity index (χ3v) is 3.15. The monoisotopic (exact) mass is 290 g/mol. The second-order valence-corrected chi connectivity index (χ2v) is 4.43. The lowest BCUT2D eigenvalue weighted by Crippen LogP contribution is -2.15. The summed E-state index contributed by atoms with van der Waals surface area (Å²) in [5.41, 5.74) is 1.62. The van der Waals surface area contributed by atoms with E-state index in [-0.39, 0.29) is 5.91 Å². The third kappa shape index (κ3) is 2.99. The molecule has 0 saturated carbocycles. The smallest absolute Gasteiger partial charge is 0.261 e. The Morgan fingerprint density at radius 2 is 2.10 bits per heavy atom. The van der Waals surface area contributed by atoms with Gasteiger partial charge in [0.2, 0.25) is 0 Å². The van der Waals surface area contributed by atoms with Crippen LogP contribution in [0.1, 0.15) is 28.7 Å². The Morgan fingerprint density at radius 3 is 2.71 bits per heavy atom. The molecule has 21 heavy (non-hydrogen) atoms. The first-order valence-electron chi connectivity index (χ1n) is 6.59. The molecule has 1 heterocycles. The minimum atomic E-state index is -0.280. The molecular formula is C15H18N2O4. The first kappa shape index (κ1) is 14.9. The fourth-order valence-corrected chi connectivity index (χ4v) is 2.05. The summed E-state index contributed by atoms with van der Waals surface area (Å²) in [5, 5.41) is 6.69. The number of hydrogen-bond donors (Lipinski definition) is 1. The van der Waals surface area contributed by atoms with Crippen LogP contribution < -0.4 is 14.8 Å². The number of ether oxygens (including phenoxy) is 2. The van der Waals surface area contributed by atoms with E-state index in [0.29, 0.717) is 40.6 Å². The Kier molecular flexibility index (Phi) is 4.47. The zero-order valence-corrected chi connectivity index (χ0v) is 12.5. The first-order valence-corrected chi connectivity index (χ1v) is 6.59. The molecule has 2 aromatic rings. The van der Waals surface area contributed by atoms with Gasteiger partial charge in [-0.2, -0.15) is 0 Å². The van der Waals surface area contributed by atoms with E-state index in [1.54, 1.807) is 39.3 Å². The maximum absolute atomic E-state index is 12.4. The number of aromatic nitrogens is 1. The van der Waals surface area contributed by atoms with Crippen LogP contribution in [0.25, 0.3) is 0 Å². The molecule has 0 aliphatic carbocycles. The number of hydrogen-bond acceptors (Lipinski definition) is 5. The van der Waals surface area contributed by atoms with Gasteiger partial charge in [-0.15, -0.1) is 0 Å². The minimum absolute atomic E-state index is 0.280. The van der Waals surface area contributed by atoms with Crippen molar-refractivity contribution in [3.8, 4) is 11.5 Å². The van der Waals surface area contributed by atoms with E-state index in [9.17, 15) is 4.79 Å². The van der Waals surface area contributed by atoms with Crippen molar-refractivity contribution >= 4 is 11.6 Å². The molecule has 0 atom stereocenters. The van der Waals surface area contributed by atoms with Crippen molar-refractivity contribution in [3.05, 3.63) is 35.2 Å². The van der Waals surface area contributed by atoms with Crippen LogP contribution >= 0.6 is 0 Å². The standard InChI is InChI=1S/C15H18N2O4/c1-5-11-14(9(2)21-17-11)15(18)16-12-8-10(19-3)6-7-13(12)20-4/h6-8H,5H2,1-4H3,(H,16,18). The SMILES string of the molecule is CCc1noc(C)c1C(=O)Nc1cc(OC)ccc1OC. The van der Waals surface area contributed by atoms with Crippen LogP contribution in [0, 0.1) is 6.92 Å². The summed E-state index contributed by atoms with van der Waals surface area (Å²) in [4.78, 5) is 12.4. The van der Waals surface area contributed by atoms with Gasteiger partial charge < -0.3 is 19.3 Å². The molecule has 6 heteroatoms. The zero-order chi connectivity index (χ0) is 15.4. The second kappa shape index (κ2) is 6.30. The number of carbonyl (C=O) groups is 1. The van der Waals surface area contributed by atoms with Gasteiger partial charge in [0, 0.05) is 6.07 Å². The Morgan fingerprint density at radius 1 is 1.33 bits per heavy atom. The van der Waals surface area contributed by atoms with Crippen molar-refractivity contribution in [3.63, 3.8) is 0 Å². The lowest BCUT2D eigenvalue weighted by molar-refractivity contribution is 0.102. The van der Waals surface area contributed by atoms with Crippen molar-refractivity contribution in [2.75, 3.05) is 19.5 Å². The molecule has 1 amide bonds. The maximum atomic E-state index is 12.4. The van der Waals surface area contributed by atoms with Crippen LogP contribution in [-0.4, -0.2) is 25.3 Å². The van der Waals surface area contributed by atoms with Crippen LogP contribution in [0.3, 0.4) is 0 Å². The molecular weight excluding hydrogens is 272 g/mol. The highest BCUT2D eigenvalue weighted by molar-refractivity contribution is 6.06. The number of nitrogens with one attached hydrogen (secondary N) is 1. The fraction of sp³-hybridized carbons (Fsp3) is 0.333. The summed E-state index contributed by atoms with van der Waals surface area (Å²) in [6, 6.07) is 5.19. The lowest BCUT2D eigenvalue weighted by Gasteiger charge is -2.11. The fourth-order valence-electron chi connectivity index (χ4n) is 2.05. The summed E-state index contributed by atoms with van der Waals surface area (Å²) in [6.07, 6.45) is 0.620. The highest BCUT2D eigenvalue weighted by Crippen LogP contribution is 2.29. The van der Waals surface area contributed by atoms with Crippen LogP contribution in [0.5, 0.6) is 11.5 Å². The predicted molar refractivity (Wildman–Crippen MR) is 78.1 cm³/mol. The van der Waals surface area contributed by atoms with Gasteiger partial charge in [0.15, 0.2) is 0 Å². The van der Waals surface area contributed by atoms with Gasteiger partial charge in [-0.1, -0.05) is 12.1 Å². The summed E-state index contributed by atoms with van der Waals surface area (Å²) in [5.74, 6) is 1.39. The molecule has 1 aromatic heterocycles. The van der Waals surface area contributed by atoms with E-state index in [4.69, 9.17) is 14.0 Å². The summed E-state index contributed by atoms with van der Waals surface area (Å²) >= 11 is 0. The molecule has 0 bridgehead atoms. The predicted octanol–water partition coefficient (Wildman–Crippen LogP) is 2.81. The topological polar surface area (TPSA) is 73.6 Å². The van der Waals surface area contributed by atoms with Gasteiger partial charge in [0.1, 0.15) is 22.8 Å². The Hall–Kier alpha value is -2.50. The quantitative estimate of drug-likeness (QED) is 0.916. The number of anilines is 1. The molecule has 2 rings (SSSR count). The van der Waals surface area contributed by atoms with Gasteiger partial charge in [0.25, 0.3) is 5.91 Å². The molecule has 0 radical (unpaired) electrons. The normalized spacial score (nSPS) is 10.3. The molecule has 6 nitrogen and oxygen atoms in total. The van der Waals surface area contributed by atoms with Gasteiger partial charge in [-0.3, -0.25) is 4.79 Å². The number of amides is 1. The number of benzene rings is 1. The van der Waals surface area contributed by atoms with Crippen LogP contribution in [0.2, 0.25) is 0 Å². The molecule has 0 aliphatic rings. The highest BCUT2D eigenvalue weighted by atomic mass is 16.5. The molecule has 112 valence electrons. The van der Waals surface area contributed by atoms with Gasteiger partial charge in [-0.05, 0) is 25.5 Å². The van der Waals surface area contributed by atoms with Crippen LogP contribution in [0.15, 0.2) is 22.7 Å². The lowest BCUT2D eigenvalue weighted by atomic mass is 10.1. The molecule has 0 aliphatic heterocycles. The number of rotatable bonds is 5. The maximum Gasteiger partial charge on any atom is 0.261 e. The zero-order valence-electron chi connectivity index (χ0n) is 12.5. The average Bonchev–Trinajstić information content (AvgIpc) is 2.88. The summed E-state index contributed by atoms with van der Waals surface area (Å²) in [7, 11) is 3.10. The van der Waals surface area contributed by atoms with Crippen molar-refractivity contribution in [1.82, 2.24) is 5.16 Å². The Labute approximate surface area is 123 Å². The van der Waals surface area contributed by atoms with Crippen molar-refractivity contribution in [1.29, 1.82) is 0 Å². The summed E-state index contributed by atoms with van der Waals surface area (Å²) in [6.45, 7) is 3.63. The average molecular weight is 290 g/mol. The van der Waals surface area contributed by atoms with Crippen molar-refractivity contribution < 1.29 is 18.8 Å². The Balaban J connectivity index is 2.32. The molecule has 1 aromatic carbocycles. The largest absolute Gasteiger partial charge is 0.497 e. The number of carbonyl (C=O) groups excluding carboxylic acids is 1. The number of nitrogens with zero attached hydrogens (tertiary/aromatic N) is 1. The van der Waals surface area contributed by atoms with E-state index in [1.165, 1.54) is 0 Å². The first-order chi connectivity index (χ1) is 10.1. The second-order valence-electron chi connectivity index (χ2n) is 4.43. The van der Waals surface area contributed by atoms with Gasteiger partial charge in [0.05, 0.1) is 25.6 Å². The molecule has 0 fully saturated rings. The van der Waals surface area contributed by atoms with E-state index >= 15 is 0 Å². The highest BCUT2D eigenvalue weighted by Gasteiger charge is 2.20. The Bertz CT molecular complexity index is 649. The summed E-state index contributed by atoms with van der Waals surface area (Å²) < 4.78 is 15.5. The third-order valence-electron chi connectivity index (χ3n) is 3.15. The number of methoxy groups -OCH3 is 2. The van der Waals surface area contributed by atoms with E-state index in [0.717, 1.165) is 0 Å². The molecule has 0 spiro atoms. The molecule has 0 saturated heterocycles. The number of aryl methyl sites for hydroxylation is 2. The minimum Gasteiger partial charge on any atom is -0.497 e. The van der Waals surface area contributed by atoms with E-state index in [2.05, 4.69) is 10.5 Å².